The first-order valence-corrected chi connectivity index (χ1v) is 6.63. The number of methoxy groups -OCH3 is 1. The van der Waals surface area contributed by atoms with Crippen LogP contribution >= 0.6 is 0 Å². The maximum Gasteiger partial charge on any atom is 0.132 e. The molecule has 1 heterocycles. The van der Waals surface area contributed by atoms with Gasteiger partial charge >= 0.3 is 0 Å². The number of benzene rings is 1. The Morgan fingerprint density at radius 1 is 1.40 bits per heavy atom. The topological polar surface area (TPSA) is 39.1 Å². The van der Waals surface area contributed by atoms with Gasteiger partial charge in [-0.2, -0.15) is 5.10 Å². The Labute approximate surface area is 118 Å². The highest BCUT2D eigenvalue weighted by Gasteiger charge is 2.21. The van der Waals surface area contributed by atoms with E-state index in [9.17, 15) is 4.39 Å². The zero-order valence-corrected chi connectivity index (χ0v) is 12.3. The molecule has 0 aliphatic heterocycles. The van der Waals surface area contributed by atoms with Gasteiger partial charge < -0.3 is 10.1 Å². The quantitative estimate of drug-likeness (QED) is 0.912. The predicted molar refractivity (Wildman–Crippen MR) is 76.4 cm³/mol. The fourth-order valence-corrected chi connectivity index (χ4v) is 2.42. The van der Waals surface area contributed by atoms with Gasteiger partial charge in [-0.1, -0.05) is 13.0 Å². The number of halogens is 1. The first kappa shape index (κ1) is 14.5. The monoisotopic (exact) mass is 277 g/mol. The van der Waals surface area contributed by atoms with Crippen LogP contribution in [0, 0.1) is 5.82 Å². The van der Waals surface area contributed by atoms with Gasteiger partial charge in [0.25, 0.3) is 0 Å². The molecule has 2 aromatic rings. The average molecular weight is 277 g/mol. The van der Waals surface area contributed by atoms with Gasteiger partial charge in [-0.25, -0.2) is 4.39 Å². The third kappa shape index (κ3) is 2.67. The van der Waals surface area contributed by atoms with E-state index in [0.717, 1.165) is 17.7 Å². The van der Waals surface area contributed by atoms with Crippen LogP contribution in [0.25, 0.3) is 0 Å². The molecule has 0 fully saturated rings. The molecule has 4 nitrogen and oxygen atoms in total. The molecule has 1 atom stereocenters. The third-order valence-electron chi connectivity index (χ3n) is 3.39. The molecule has 1 aromatic carbocycles. The van der Waals surface area contributed by atoms with E-state index >= 15 is 0 Å². The maximum absolute atomic E-state index is 14.3. The highest BCUT2D eigenvalue weighted by molar-refractivity contribution is 5.37. The molecule has 0 saturated heterocycles. The molecule has 0 spiro atoms. The molecule has 0 aliphatic rings. The van der Waals surface area contributed by atoms with E-state index in [1.807, 2.05) is 27.2 Å². The minimum Gasteiger partial charge on any atom is -0.497 e. The van der Waals surface area contributed by atoms with Crippen molar-refractivity contribution in [2.24, 2.45) is 7.05 Å². The largest absolute Gasteiger partial charge is 0.497 e. The Bertz CT molecular complexity index is 595. The lowest BCUT2D eigenvalue weighted by Gasteiger charge is -2.18. The van der Waals surface area contributed by atoms with Gasteiger partial charge in [0.05, 0.1) is 18.8 Å². The first-order chi connectivity index (χ1) is 9.60. The van der Waals surface area contributed by atoms with Crippen LogP contribution in [0.5, 0.6) is 5.75 Å². The van der Waals surface area contributed by atoms with Crippen molar-refractivity contribution in [1.29, 1.82) is 0 Å². The molecule has 0 radical (unpaired) electrons. The molecule has 2 rings (SSSR count). The van der Waals surface area contributed by atoms with Crippen molar-refractivity contribution in [2.45, 2.75) is 19.4 Å². The summed E-state index contributed by atoms with van der Waals surface area (Å²) in [6.45, 7) is 2.04. The molecule has 1 aromatic heterocycles. The van der Waals surface area contributed by atoms with Gasteiger partial charge in [0.15, 0.2) is 0 Å². The van der Waals surface area contributed by atoms with Gasteiger partial charge in [0.1, 0.15) is 11.6 Å². The molecule has 0 saturated carbocycles. The lowest BCUT2D eigenvalue weighted by molar-refractivity contribution is 0.410. The summed E-state index contributed by atoms with van der Waals surface area (Å²) < 4.78 is 21.1. The number of ether oxygens (including phenoxy) is 1. The SMILES string of the molecule is CCc1nn(C)cc1C(NC)c1ccc(OC)cc1F. The van der Waals surface area contributed by atoms with Crippen molar-refractivity contribution < 1.29 is 9.13 Å². The number of aryl methyl sites for hydroxylation is 2. The Hall–Kier alpha value is -1.88. The van der Waals surface area contributed by atoms with Crippen molar-refractivity contribution in [3.63, 3.8) is 0 Å². The molecule has 108 valence electrons. The molecule has 0 bridgehead atoms. The summed E-state index contributed by atoms with van der Waals surface area (Å²) in [6.07, 6.45) is 2.75. The van der Waals surface area contributed by atoms with Crippen molar-refractivity contribution >= 4 is 0 Å². The summed E-state index contributed by atoms with van der Waals surface area (Å²) in [5, 5.41) is 7.58. The summed E-state index contributed by atoms with van der Waals surface area (Å²) in [5.41, 5.74) is 2.57. The van der Waals surface area contributed by atoms with E-state index in [4.69, 9.17) is 4.74 Å². The molecule has 1 N–H and O–H groups in total. The second kappa shape index (κ2) is 6.05. The Kier molecular flexibility index (Phi) is 4.39. The molecule has 0 aliphatic carbocycles. The number of nitrogens with zero attached hydrogens (tertiary/aromatic N) is 2. The average Bonchev–Trinajstić information content (AvgIpc) is 2.82. The van der Waals surface area contributed by atoms with Crippen molar-refractivity contribution in [2.75, 3.05) is 14.2 Å². The number of hydrogen-bond acceptors (Lipinski definition) is 3. The van der Waals surface area contributed by atoms with E-state index < -0.39 is 0 Å². The number of aromatic nitrogens is 2. The normalized spacial score (nSPS) is 12.4. The molecule has 5 heteroatoms. The number of hydrogen-bond donors (Lipinski definition) is 1. The van der Waals surface area contributed by atoms with Gasteiger partial charge in [0.2, 0.25) is 0 Å². The van der Waals surface area contributed by atoms with Crippen LogP contribution in [0.4, 0.5) is 4.39 Å². The standard InChI is InChI=1S/C15H20FN3O/c1-5-14-12(9-19(3)18-14)15(17-2)11-7-6-10(20-4)8-13(11)16/h6-9,15,17H,5H2,1-4H3. The Morgan fingerprint density at radius 3 is 2.70 bits per heavy atom. The number of rotatable bonds is 5. The van der Waals surface area contributed by atoms with Crippen molar-refractivity contribution in [3.05, 3.63) is 47.0 Å². The Morgan fingerprint density at radius 2 is 2.15 bits per heavy atom. The maximum atomic E-state index is 14.3. The third-order valence-corrected chi connectivity index (χ3v) is 3.39. The second-order valence-electron chi connectivity index (χ2n) is 4.67. The molecule has 1 unspecified atom stereocenters. The Balaban J connectivity index is 2.46. The number of nitrogens with one attached hydrogen (secondary N) is 1. The van der Waals surface area contributed by atoms with Crippen LogP contribution in [0.3, 0.4) is 0 Å². The summed E-state index contributed by atoms with van der Waals surface area (Å²) in [6, 6.07) is 4.71. The van der Waals surface area contributed by atoms with Crippen LogP contribution in [-0.4, -0.2) is 23.9 Å². The van der Waals surface area contributed by atoms with E-state index in [1.54, 1.807) is 16.8 Å². The van der Waals surface area contributed by atoms with Gasteiger partial charge in [0, 0.05) is 30.4 Å². The van der Waals surface area contributed by atoms with Crippen LogP contribution < -0.4 is 10.1 Å². The van der Waals surface area contributed by atoms with E-state index in [1.165, 1.54) is 13.2 Å². The van der Waals surface area contributed by atoms with Crippen LogP contribution in [0.15, 0.2) is 24.4 Å². The van der Waals surface area contributed by atoms with Crippen molar-refractivity contribution in [3.8, 4) is 5.75 Å². The minimum absolute atomic E-state index is 0.218. The van der Waals surface area contributed by atoms with E-state index in [-0.39, 0.29) is 11.9 Å². The fourth-order valence-electron chi connectivity index (χ4n) is 2.42. The highest BCUT2D eigenvalue weighted by atomic mass is 19.1. The minimum atomic E-state index is -0.283. The summed E-state index contributed by atoms with van der Waals surface area (Å²) in [7, 11) is 5.22. The lowest BCUT2D eigenvalue weighted by Crippen LogP contribution is -2.19. The van der Waals surface area contributed by atoms with Crippen molar-refractivity contribution in [1.82, 2.24) is 15.1 Å². The smallest absolute Gasteiger partial charge is 0.132 e. The van der Waals surface area contributed by atoms with Crippen LogP contribution in [0.1, 0.15) is 29.8 Å². The van der Waals surface area contributed by atoms with Gasteiger partial charge in [-0.3, -0.25) is 4.68 Å². The summed E-state index contributed by atoms with van der Waals surface area (Å²) >= 11 is 0. The highest BCUT2D eigenvalue weighted by Crippen LogP contribution is 2.28. The van der Waals surface area contributed by atoms with E-state index in [2.05, 4.69) is 10.4 Å². The molecule has 0 amide bonds. The zero-order valence-electron chi connectivity index (χ0n) is 12.3. The molecular formula is C15H20FN3O. The van der Waals surface area contributed by atoms with Gasteiger partial charge in [-0.15, -0.1) is 0 Å². The summed E-state index contributed by atoms with van der Waals surface area (Å²) in [5.74, 6) is 0.234. The first-order valence-electron chi connectivity index (χ1n) is 6.63. The van der Waals surface area contributed by atoms with Crippen LogP contribution in [0.2, 0.25) is 0 Å². The predicted octanol–water partition coefficient (Wildman–Crippen LogP) is 2.44. The molecule has 20 heavy (non-hydrogen) atoms. The molecular weight excluding hydrogens is 257 g/mol. The summed E-state index contributed by atoms with van der Waals surface area (Å²) in [4.78, 5) is 0. The van der Waals surface area contributed by atoms with Crippen LogP contribution in [-0.2, 0) is 13.5 Å². The zero-order chi connectivity index (χ0) is 14.7. The lowest BCUT2D eigenvalue weighted by atomic mass is 9.98. The van der Waals surface area contributed by atoms with E-state index in [0.29, 0.717) is 11.3 Å². The van der Waals surface area contributed by atoms with Gasteiger partial charge in [-0.05, 0) is 19.5 Å². The fraction of sp³-hybridized carbons (Fsp3) is 0.400. The second-order valence-corrected chi connectivity index (χ2v) is 4.67.